The molecule has 0 N–H and O–H groups in total. The third-order valence-electron chi connectivity index (χ3n) is 9.75. The molecule has 0 aliphatic heterocycles. The number of benzene rings is 7. The summed E-state index contributed by atoms with van der Waals surface area (Å²) in [5, 5.41) is 3.25. The molecule has 10 rings (SSSR count). The second-order valence-electron chi connectivity index (χ2n) is 13.4. The Hall–Kier alpha value is -7.77. The standard InChI is InChI=1S/C49H31N7/c1-4-15-35(16-5-1)45-51-42(33-25-27-34(28-26-33)44-40-22-12-13-23-41(40)50-46(53-44)36-17-6-2-7-18-36)31-43(52-45)49-55-47(37-19-8-3-9-20-37)54-48(56-49)39-29-24-32-14-10-11-21-38(32)30-39/h1-31H. The molecule has 0 bridgehead atoms. The zero-order chi connectivity index (χ0) is 37.3. The first-order chi connectivity index (χ1) is 27.7. The smallest absolute Gasteiger partial charge is 0.182 e. The van der Waals surface area contributed by atoms with Gasteiger partial charge >= 0.3 is 0 Å². The number of para-hydroxylation sites is 1. The molecule has 0 aliphatic carbocycles. The topological polar surface area (TPSA) is 90.2 Å². The molecule has 262 valence electrons. The Balaban J connectivity index is 1.11. The number of hydrogen-bond acceptors (Lipinski definition) is 7. The molecule has 3 heterocycles. The SMILES string of the molecule is c1ccc(-c2nc(-c3ccc(-c4nc(-c5ccccc5)nc5ccccc45)cc3)cc(-c3nc(-c4ccccc4)nc(-c4ccc5ccccc5c4)n3)n2)cc1. The minimum Gasteiger partial charge on any atom is -0.228 e. The lowest BCUT2D eigenvalue weighted by atomic mass is 10.0. The Morgan fingerprint density at radius 1 is 0.250 bits per heavy atom. The second kappa shape index (κ2) is 14.2. The number of nitrogens with zero attached hydrogens (tertiary/aromatic N) is 7. The summed E-state index contributed by atoms with van der Waals surface area (Å²) in [7, 11) is 0. The highest BCUT2D eigenvalue weighted by atomic mass is 15.1. The van der Waals surface area contributed by atoms with Crippen molar-refractivity contribution in [3.05, 3.63) is 188 Å². The van der Waals surface area contributed by atoms with Crippen LogP contribution in [0.5, 0.6) is 0 Å². The Bertz CT molecular complexity index is 3010. The van der Waals surface area contributed by atoms with Crippen molar-refractivity contribution in [2.24, 2.45) is 0 Å². The zero-order valence-electron chi connectivity index (χ0n) is 30.0. The minimum atomic E-state index is 0.459. The fraction of sp³-hybridized carbons (Fsp3) is 0. The van der Waals surface area contributed by atoms with E-state index in [9.17, 15) is 0 Å². The van der Waals surface area contributed by atoms with Gasteiger partial charge in [0.1, 0.15) is 5.69 Å². The van der Waals surface area contributed by atoms with Crippen LogP contribution in [0.1, 0.15) is 0 Å². The van der Waals surface area contributed by atoms with Crippen molar-refractivity contribution in [1.29, 1.82) is 0 Å². The van der Waals surface area contributed by atoms with Gasteiger partial charge in [0.05, 0.1) is 16.9 Å². The van der Waals surface area contributed by atoms with Gasteiger partial charge in [-0.25, -0.2) is 34.9 Å². The second-order valence-corrected chi connectivity index (χ2v) is 13.4. The van der Waals surface area contributed by atoms with Crippen LogP contribution >= 0.6 is 0 Å². The van der Waals surface area contributed by atoms with Crippen molar-refractivity contribution < 1.29 is 0 Å². The van der Waals surface area contributed by atoms with Gasteiger partial charge in [-0.2, -0.15) is 0 Å². The summed E-state index contributed by atoms with van der Waals surface area (Å²) in [6.45, 7) is 0. The molecule has 0 saturated heterocycles. The van der Waals surface area contributed by atoms with Crippen molar-refractivity contribution in [2.45, 2.75) is 0 Å². The van der Waals surface area contributed by atoms with E-state index in [1.165, 1.54) is 0 Å². The van der Waals surface area contributed by atoms with Gasteiger partial charge in [0, 0.05) is 38.8 Å². The van der Waals surface area contributed by atoms with Crippen LogP contribution in [-0.2, 0) is 0 Å². The molecular weight excluding hydrogens is 687 g/mol. The van der Waals surface area contributed by atoms with Gasteiger partial charge in [0.25, 0.3) is 0 Å². The fourth-order valence-electron chi connectivity index (χ4n) is 6.90. The van der Waals surface area contributed by atoms with Crippen molar-refractivity contribution >= 4 is 21.7 Å². The quantitative estimate of drug-likeness (QED) is 0.162. The van der Waals surface area contributed by atoms with Crippen LogP contribution in [0.25, 0.3) is 101 Å². The molecule has 7 heteroatoms. The minimum absolute atomic E-state index is 0.459. The van der Waals surface area contributed by atoms with Crippen molar-refractivity contribution in [2.75, 3.05) is 0 Å². The van der Waals surface area contributed by atoms with Crippen LogP contribution in [0.2, 0.25) is 0 Å². The molecular formula is C49H31N7. The molecule has 0 saturated carbocycles. The highest BCUT2D eigenvalue weighted by Gasteiger charge is 2.18. The zero-order valence-corrected chi connectivity index (χ0v) is 30.0. The predicted octanol–water partition coefficient (Wildman–Crippen LogP) is 11.4. The molecule has 56 heavy (non-hydrogen) atoms. The van der Waals surface area contributed by atoms with Gasteiger partial charge in [-0.3, -0.25) is 0 Å². The first kappa shape index (κ1) is 32.8. The molecule has 0 atom stereocenters. The van der Waals surface area contributed by atoms with E-state index >= 15 is 0 Å². The van der Waals surface area contributed by atoms with Crippen molar-refractivity contribution in [3.8, 4) is 79.6 Å². The summed E-state index contributed by atoms with van der Waals surface area (Å²) in [5.41, 5.74) is 8.63. The van der Waals surface area contributed by atoms with Gasteiger partial charge in [0.2, 0.25) is 0 Å². The van der Waals surface area contributed by atoms with E-state index in [2.05, 4.69) is 60.7 Å². The summed E-state index contributed by atoms with van der Waals surface area (Å²) < 4.78 is 0. The molecule has 7 nitrogen and oxygen atoms in total. The van der Waals surface area contributed by atoms with Gasteiger partial charge in [-0.1, -0.05) is 170 Å². The van der Waals surface area contributed by atoms with Crippen LogP contribution in [0.4, 0.5) is 0 Å². The molecule has 7 aromatic carbocycles. The Labute approximate surface area is 323 Å². The van der Waals surface area contributed by atoms with Crippen LogP contribution in [0.3, 0.4) is 0 Å². The van der Waals surface area contributed by atoms with E-state index in [0.717, 1.165) is 66.4 Å². The summed E-state index contributed by atoms with van der Waals surface area (Å²) in [5.74, 6) is 2.85. The van der Waals surface area contributed by atoms with Crippen molar-refractivity contribution in [3.63, 3.8) is 0 Å². The lowest BCUT2D eigenvalue weighted by molar-refractivity contribution is 1.05. The summed E-state index contributed by atoms with van der Waals surface area (Å²) in [6, 6.07) is 63.1. The molecule has 3 aromatic heterocycles. The van der Waals surface area contributed by atoms with Gasteiger partial charge in [-0.15, -0.1) is 0 Å². The van der Waals surface area contributed by atoms with Crippen molar-refractivity contribution in [1.82, 2.24) is 34.9 Å². The number of aromatic nitrogens is 7. The highest BCUT2D eigenvalue weighted by Crippen LogP contribution is 2.33. The largest absolute Gasteiger partial charge is 0.228 e. The third-order valence-corrected chi connectivity index (χ3v) is 9.75. The lowest BCUT2D eigenvalue weighted by Gasteiger charge is -2.12. The summed E-state index contributed by atoms with van der Waals surface area (Å²) in [6.07, 6.45) is 0. The Kier molecular flexibility index (Phi) is 8.35. The van der Waals surface area contributed by atoms with Crippen LogP contribution < -0.4 is 0 Å². The molecule has 0 fully saturated rings. The van der Waals surface area contributed by atoms with Gasteiger partial charge < -0.3 is 0 Å². The molecule has 0 radical (unpaired) electrons. The maximum atomic E-state index is 5.09. The Morgan fingerprint density at radius 2 is 0.732 bits per heavy atom. The number of hydrogen-bond donors (Lipinski definition) is 0. The highest BCUT2D eigenvalue weighted by molar-refractivity contribution is 5.94. The molecule has 0 unspecified atom stereocenters. The van der Waals surface area contributed by atoms with E-state index in [1.54, 1.807) is 0 Å². The van der Waals surface area contributed by atoms with E-state index in [-0.39, 0.29) is 0 Å². The van der Waals surface area contributed by atoms with E-state index in [1.807, 2.05) is 127 Å². The first-order valence-corrected chi connectivity index (χ1v) is 18.4. The normalized spacial score (nSPS) is 11.2. The lowest BCUT2D eigenvalue weighted by Crippen LogP contribution is -2.03. The third kappa shape index (κ3) is 6.44. The average molecular weight is 718 g/mol. The van der Waals surface area contributed by atoms with Crippen LogP contribution in [0.15, 0.2) is 188 Å². The van der Waals surface area contributed by atoms with Crippen LogP contribution in [-0.4, -0.2) is 34.9 Å². The van der Waals surface area contributed by atoms with E-state index in [4.69, 9.17) is 34.9 Å². The molecule has 0 spiro atoms. The van der Waals surface area contributed by atoms with E-state index < -0.39 is 0 Å². The summed E-state index contributed by atoms with van der Waals surface area (Å²) in [4.78, 5) is 35.2. The van der Waals surface area contributed by atoms with Gasteiger partial charge in [-0.05, 0) is 29.0 Å². The van der Waals surface area contributed by atoms with E-state index in [0.29, 0.717) is 34.8 Å². The molecule has 10 aromatic rings. The first-order valence-electron chi connectivity index (χ1n) is 18.4. The maximum Gasteiger partial charge on any atom is 0.182 e. The van der Waals surface area contributed by atoms with Gasteiger partial charge in [0.15, 0.2) is 29.1 Å². The Morgan fingerprint density at radius 3 is 1.41 bits per heavy atom. The average Bonchev–Trinajstić information content (AvgIpc) is 3.29. The monoisotopic (exact) mass is 717 g/mol. The molecule has 0 aliphatic rings. The number of fused-ring (bicyclic) bond motifs is 2. The predicted molar refractivity (Wildman–Crippen MR) is 224 cm³/mol. The number of rotatable bonds is 7. The summed E-state index contributed by atoms with van der Waals surface area (Å²) >= 11 is 0. The fourth-order valence-corrected chi connectivity index (χ4v) is 6.90. The maximum absolute atomic E-state index is 5.09. The molecule has 0 amide bonds. The van der Waals surface area contributed by atoms with Crippen LogP contribution in [0, 0.1) is 0 Å².